The summed E-state index contributed by atoms with van der Waals surface area (Å²) in [6.07, 6.45) is 1.24. The third kappa shape index (κ3) is 5.52. The molecule has 0 aliphatic carbocycles. The second kappa shape index (κ2) is 10.9. The van der Waals surface area contributed by atoms with E-state index < -0.39 is 28.0 Å². The van der Waals surface area contributed by atoms with E-state index in [1.165, 1.54) is 68.8 Å². The van der Waals surface area contributed by atoms with E-state index in [0.717, 1.165) is 4.90 Å². The van der Waals surface area contributed by atoms with E-state index >= 15 is 0 Å². The third-order valence-electron chi connectivity index (χ3n) is 5.29. The first-order valence-electron chi connectivity index (χ1n) is 10.7. The van der Waals surface area contributed by atoms with Gasteiger partial charge in [-0.3, -0.25) is 14.9 Å². The van der Waals surface area contributed by atoms with Gasteiger partial charge in [-0.2, -0.15) is 8.42 Å². The smallest absolute Gasteiger partial charge is 0.339 e. The van der Waals surface area contributed by atoms with Gasteiger partial charge in [0.05, 0.1) is 24.4 Å². The summed E-state index contributed by atoms with van der Waals surface area (Å²) in [5.41, 5.74) is 0.172. The van der Waals surface area contributed by atoms with Crippen LogP contribution in [0.2, 0.25) is 5.02 Å². The molecule has 0 unspecified atom stereocenters. The lowest BCUT2D eigenvalue weighted by Crippen LogP contribution is -2.54. The molecule has 4 amide bonds. The number of carbonyl (C=O) groups is 3. The summed E-state index contributed by atoms with van der Waals surface area (Å²) in [6.45, 7) is 0. The molecule has 13 heteroatoms. The van der Waals surface area contributed by atoms with Gasteiger partial charge in [0.1, 0.15) is 16.2 Å². The third-order valence-corrected chi connectivity index (χ3v) is 7.37. The molecule has 3 aromatic carbocycles. The number of barbiturate groups is 1. The standard InChI is InChI=1S/C25H18BrClN2O8S/c1-35-17-7-5-16(6-8-17)29-24(31)19(23(30)28-25(29)32)11-14-12-20(26)22(21(13-14)36-2)37-38(33,34)18-9-3-15(27)4-10-18/h3-13H,1-2H3,(H,28,30,32)/b19-11+. The molecule has 0 aromatic heterocycles. The van der Waals surface area contributed by atoms with Crippen LogP contribution in [0.4, 0.5) is 10.5 Å². The number of hydrogen-bond donors (Lipinski definition) is 1. The molecule has 0 atom stereocenters. The maximum atomic E-state index is 13.2. The highest BCUT2D eigenvalue weighted by molar-refractivity contribution is 9.10. The highest BCUT2D eigenvalue weighted by atomic mass is 79.9. The van der Waals surface area contributed by atoms with Gasteiger partial charge < -0.3 is 13.7 Å². The minimum atomic E-state index is -4.25. The Labute approximate surface area is 231 Å². The van der Waals surface area contributed by atoms with Crippen molar-refractivity contribution in [3.63, 3.8) is 0 Å². The zero-order chi connectivity index (χ0) is 27.6. The molecule has 1 fully saturated rings. The maximum absolute atomic E-state index is 13.2. The van der Waals surface area contributed by atoms with Gasteiger partial charge in [0.25, 0.3) is 11.8 Å². The number of hydrogen-bond acceptors (Lipinski definition) is 8. The van der Waals surface area contributed by atoms with E-state index in [2.05, 4.69) is 21.2 Å². The molecule has 0 radical (unpaired) electrons. The summed E-state index contributed by atoms with van der Waals surface area (Å²) >= 11 is 9.09. The number of imide groups is 2. The normalized spacial score (nSPS) is 14.9. The number of methoxy groups -OCH3 is 2. The second-order valence-electron chi connectivity index (χ2n) is 7.68. The molecule has 0 bridgehead atoms. The van der Waals surface area contributed by atoms with Gasteiger partial charge in [0.2, 0.25) is 0 Å². The lowest BCUT2D eigenvalue weighted by atomic mass is 10.1. The van der Waals surface area contributed by atoms with Gasteiger partial charge in [-0.05, 0) is 88.2 Å². The van der Waals surface area contributed by atoms with Crippen LogP contribution in [0.1, 0.15) is 5.56 Å². The second-order valence-corrected chi connectivity index (χ2v) is 10.5. The van der Waals surface area contributed by atoms with Crippen molar-refractivity contribution in [1.29, 1.82) is 0 Å². The molecule has 10 nitrogen and oxygen atoms in total. The Balaban J connectivity index is 1.68. The van der Waals surface area contributed by atoms with Crippen LogP contribution in [0.15, 0.2) is 75.6 Å². The molecule has 1 aliphatic heterocycles. The first-order valence-corrected chi connectivity index (χ1v) is 13.2. The van der Waals surface area contributed by atoms with Crippen molar-refractivity contribution >= 4 is 67.3 Å². The average Bonchev–Trinajstić information content (AvgIpc) is 2.88. The van der Waals surface area contributed by atoms with Gasteiger partial charge in [-0.1, -0.05) is 11.6 Å². The summed E-state index contributed by atoms with van der Waals surface area (Å²) in [5.74, 6) is -1.40. The lowest BCUT2D eigenvalue weighted by Gasteiger charge is -2.26. The van der Waals surface area contributed by atoms with Gasteiger partial charge in [0.15, 0.2) is 11.5 Å². The zero-order valence-corrected chi connectivity index (χ0v) is 22.9. The van der Waals surface area contributed by atoms with Crippen LogP contribution in [0.3, 0.4) is 0 Å². The fraction of sp³-hybridized carbons (Fsp3) is 0.0800. The van der Waals surface area contributed by atoms with Crippen LogP contribution in [0.5, 0.6) is 17.2 Å². The summed E-state index contributed by atoms with van der Waals surface area (Å²) in [4.78, 5) is 38.8. The minimum absolute atomic E-state index is 0.00415. The van der Waals surface area contributed by atoms with E-state index in [-0.39, 0.29) is 37.7 Å². The number of halogens is 2. The fourth-order valence-corrected chi connectivity index (χ4v) is 5.18. The Morgan fingerprint density at radius 3 is 2.21 bits per heavy atom. The predicted molar refractivity (Wildman–Crippen MR) is 142 cm³/mol. The molecule has 1 N–H and O–H groups in total. The Kier molecular flexibility index (Phi) is 7.76. The molecule has 0 spiro atoms. The first-order chi connectivity index (χ1) is 18.0. The Hall–Kier alpha value is -3.87. The number of ether oxygens (including phenoxy) is 2. The number of rotatable bonds is 7. The molecule has 38 heavy (non-hydrogen) atoms. The van der Waals surface area contributed by atoms with Gasteiger partial charge in [0, 0.05) is 5.02 Å². The predicted octanol–water partition coefficient (Wildman–Crippen LogP) is 4.55. The number of urea groups is 1. The number of amides is 4. The quantitative estimate of drug-likeness (QED) is 0.231. The van der Waals surface area contributed by atoms with Crippen LogP contribution in [0, 0.1) is 0 Å². The molecule has 1 saturated heterocycles. The lowest BCUT2D eigenvalue weighted by molar-refractivity contribution is -0.122. The average molecular weight is 622 g/mol. The van der Waals surface area contributed by atoms with Crippen molar-refractivity contribution in [2.45, 2.75) is 4.90 Å². The van der Waals surface area contributed by atoms with E-state index in [1.807, 2.05) is 0 Å². The van der Waals surface area contributed by atoms with Crippen molar-refractivity contribution in [2.24, 2.45) is 0 Å². The number of nitrogens with one attached hydrogen (secondary N) is 1. The van der Waals surface area contributed by atoms with Crippen molar-refractivity contribution in [1.82, 2.24) is 5.32 Å². The molecular weight excluding hydrogens is 604 g/mol. The van der Waals surface area contributed by atoms with Crippen LogP contribution in [-0.4, -0.2) is 40.5 Å². The number of anilines is 1. The van der Waals surface area contributed by atoms with E-state index in [0.29, 0.717) is 10.8 Å². The molecule has 4 rings (SSSR count). The van der Waals surface area contributed by atoms with E-state index in [4.69, 9.17) is 25.3 Å². The highest BCUT2D eigenvalue weighted by Gasteiger charge is 2.37. The first kappa shape index (κ1) is 27.2. The topological polar surface area (TPSA) is 128 Å². The van der Waals surface area contributed by atoms with Crippen molar-refractivity contribution in [2.75, 3.05) is 19.1 Å². The molecule has 1 heterocycles. The SMILES string of the molecule is COc1ccc(N2C(=O)NC(=O)/C(=C\c3cc(Br)c(OS(=O)(=O)c4ccc(Cl)cc4)c(OC)c3)C2=O)cc1. The summed E-state index contributed by atoms with van der Waals surface area (Å²) in [7, 11) is -1.48. The van der Waals surface area contributed by atoms with Crippen LogP contribution in [0.25, 0.3) is 6.08 Å². The molecule has 0 saturated carbocycles. The van der Waals surface area contributed by atoms with Crippen LogP contribution >= 0.6 is 27.5 Å². The number of nitrogens with zero attached hydrogens (tertiary/aromatic N) is 1. The van der Waals surface area contributed by atoms with E-state index in [9.17, 15) is 22.8 Å². The van der Waals surface area contributed by atoms with Crippen LogP contribution in [-0.2, 0) is 19.7 Å². The van der Waals surface area contributed by atoms with Gasteiger partial charge in [-0.25, -0.2) is 9.69 Å². The molecular formula is C25H18BrClN2O8S. The molecule has 3 aromatic rings. The van der Waals surface area contributed by atoms with Crippen molar-refractivity contribution < 1.29 is 36.5 Å². The Bertz CT molecular complexity index is 1570. The number of carbonyl (C=O) groups excluding carboxylic acids is 3. The Morgan fingerprint density at radius 1 is 0.947 bits per heavy atom. The highest BCUT2D eigenvalue weighted by Crippen LogP contribution is 2.39. The zero-order valence-electron chi connectivity index (χ0n) is 19.7. The maximum Gasteiger partial charge on any atom is 0.339 e. The summed E-state index contributed by atoms with van der Waals surface area (Å²) in [6, 6.07) is 13.4. The summed E-state index contributed by atoms with van der Waals surface area (Å²) < 4.78 is 41.4. The van der Waals surface area contributed by atoms with E-state index in [1.54, 1.807) is 12.1 Å². The monoisotopic (exact) mass is 620 g/mol. The fourth-order valence-electron chi connectivity index (χ4n) is 3.45. The largest absolute Gasteiger partial charge is 0.497 e. The van der Waals surface area contributed by atoms with Crippen molar-refractivity contribution in [3.05, 3.63) is 81.3 Å². The van der Waals surface area contributed by atoms with Gasteiger partial charge in [-0.15, -0.1) is 0 Å². The number of benzene rings is 3. The van der Waals surface area contributed by atoms with Gasteiger partial charge >= 0.3 is 16.1 Å². The molecule has 1 aliphatic rings. The Morgan fingerprint density at radius 2 is 1.61 bits per heavy atom. The van der Waals surface area contributed by atoms with Crippen molar-refractivity contribution in [3.8, 4) is 17.2 Å². The summed E-state index contributed by atoms with van der Waals surface area (Å²) in [5, 5.41) is 2.49. The van der Waals surface area contributed by atoms with Crippen LogP contribution < -0.4 is 23.9 Å². The minimum Gasteiger partial charge on any atom is -0.497 e. The molecule has 196 valence electrons.